The van der Waals surface area contributed by atoms with Crippen LogP contribution in [0.5, 0.6) is 0 Å². The summed E-state index contributed by atoms with van der Waals surface area (Å²) >= 11 is 6.52. The minimum absolute atomic E-state index is 0.443. The van der Waals surface area contributed by atoms with Crippen molar-refractivity contribution in [1.29, 1.82) is 5.26 Å². The van der Waals surface area contributed by atoms with Crippen molar-refractivity contribution in [2.75, 3.05) is 0 Å². The fourth-order valence-electron chi connectivity index (χ4n) is 1.41. The van der Waals surface area contributed by atoms with Crippen LogP contribution in [-0.2, 0) is 7.05 Å². The first-order chi connectivity index (χ1) is 10.6. The van der Waals surface area contributed by atoms with Gasteiger partial charge < -0.3 is 0 Å². The summed E-state index contributed by atoms with van der Waals surface area (Å²) < 4.78 is 3.49. The SMILES string of the molecule is Cn1cnc(-c2ccc(Br)cn2)n1.N#Cc1ccc(Br)cn1. The van der Waals surface area contributed by atoms with Gasteiger partial charge in [-0.1, -0.05) is 0 Å². The van der Waals surface area contributed by atoms with Crippen molar-refractivity contribution in [3.8, 4) is 17.6 Å². The van der Waals surface area contributed by atoms with Gasteiger partial charge in [-0.05, 0) is 56.1 Å². The summed E-state index contributed by atoms with van der Waals surface area (Å²) in [6, 6.07) is 9.15. The number of aryl methyl sites for hydroxylation is 1. The van der Waals surface area contributed by atoms with E-state index >= 15 is 0 Å². The van der Waals surface area contributed by atoms with E-state index in [-0.39, 0.29) is 0 Å². The Balaban J connectivity index is 0.000000172. The van der Waals surface area contributed by atoms with Gasteiger partial charge in [0.1, 0.15) is 23.8 Å². The highest BCUT2D eigenvalue weighted by Gasteiger charge is 2.02. The molecule has 8 heteroatoms. The summed E-state index contributed by atoms with van der Waals surface area (Å²) in [6.45, 7) is 0. The van der Waals surface area contributed by atoms with Crippen molar-refractivity contribution in [1.82, 2.24) is 24.7 Å². The van der Waals surface area contributed by atoms with Crippen LogP contribution in [0.3, 0.4) is 0 Å². The standard InChI is InChI=1S/C8H7BrN4.C6H3BrN2/c1-13-5-11-8(12-13)7-3-2-6(9)4-10-7;7-5-1-2-6(3-8)9-4-5/h2-5H,1H3;1-2,4H. The van der Waals surface area contributed by atoms with E-state index in [1.165, 1.54) is 0 Å². The molecule has 0 atom stereocenters. The number of hydrogen-bond acceptors (Lipinski definition) is 5. The molecule has 0 bridgehead atoms. The lowest BCUT2D eigenvalue weighted by atomic mass is 10.3. The zero-order valence-electron chi connectivity index (χ0n) is 11.5. The molecule has 0 aliphatic heterocycles. The Bertz CT molecular complexity index is 774. The van der Waals surface area contributed by atoms with Crippen molar-refractivity contribution in [3.05, 3.63) is 57.6 Å². The van der Waals surface area contributed by atoms with Crippen molar-refractivity contribution in [2.24, 2.45) is 7.05 Å². The van der Waals surface area contributed by atoms with Crippen LogP contribution in [0.15, 0.2) is 51.9 Å². The van der Waals surface area contributed by atoms with Crippen molar-refractivity contribution < 1.29 is 0 Å². The topological polar surface area (TPSA) is 80.3 Å². The van der Waals surface area contributed by atoms with Crippen LogP contribution in [0.1, 0.15) is 5.69 Å². The highest BCUT2D eigenvalue weighted by molar-refractivity contribution is 9.10. The van der Waals surface area contributed by atoms with Gasteiger partial charge >= 0.3 is 0 Å². The predicted octanol–water partition coefficient (Wildman–Crippen LogP) is 3.36. The van der Waals surface area contributed by atoms with Crippen molar-refractivity contribution >= 4 is 31.9 Å². The molecule has 22 heavy (non-hydrogen) atoms. The maximum absolute atomic E-state index is 8.30. The number of halogens is 2. The molecule has 0 aliphatic carbocycles. The monoisotopic (exact) mass is 420 g/mol. The van der Waals surface area contributed by atoms with Crippen LogP contribution in [0.2, 0.25) is 0 Å². The minimum Gasteiger partial charge on any atom is -0.255 e. The Kier molecular flexibility index (Phi) is 5.75. The quantitative estimate of drug-likeness (QED) is 0.601. The molecule has 0 unspecified atom stereocenters. The Morgan fingerprint density at radius 1 is 1.00 bits per heavy atom. The van der Waals surface area contributed by atoms with E-state index in [0.717, 1.165) is 14.6 Å². The molecular weight excluding hydrogens is 412 g/mol. The second-order valence-corrected chi connectivity index (χ2v) is 5.91. The Labute approximate surface area is 144 Å². The third-order valence-corrected chi connectivity index (χ3v) is 3.34. The molecule has 0 radical (unpaired) electrons. The summed E-state index contributed by atoms with van der Waals surface area (Å²) in [6.07, 6.45) is 4.98. The molecule has 6 nitrogen and oxygen atoms in total. The number of hydrogen-bond donors (Lipinski definition) is 0. The highest BCUT2D eigenvalue weighted by Crippen LogP contribution is 2.14. The first-order valence-electron chi connectivity index (χ1n) is 6.07. The van der Waals surface area contributed by atoms with Gasteiger partial charge in [-0.25, -0.2) is 9.97 Å². The molecule has 0 spiro atoms. The molecule has 0 amide bonds. The first kappa shape index (κ1) is 16.3. The molecule has 0 saturated carbocycles. The molecule has 0 fully saturated rings. The fraction of sp³-hybridized carbons (Fsp3) is 0.0714. The largest absolute Gasteiger partial charge is 0.255 e. The van der Waals surface area contributed by atoms with E-state index in [1.54, 1.807) is 35.5 Å². The number of aromatic nitrogens is 5. The van der Waals surface area contributed by atoms with E-state index in [0.29, 0.717) is 11.5 Å². The Morgan fingerprint density at radius 3 is 2.14 bits per heavy atom. The smallest absolute Gasteiger partial charge is 0.199 e. The third-order valence-electron chi connectivity index (χ3n) is 2.40. The normalized spacial score (nSPS) is 9.55. The molecule has 0 aromatic carbocycles. The van der Waals surface area contributed by atoms with Gasteiger partial charge in [-0.15, -0.1) is 5.10 Å². The number of rotatable bonds is 1. The minimum atomic E-state index is 0.443. The average molecular weight is 422 g/mol. The third kappa shape index (κ3) is 4.72. The molecule has 3 heterocycles. The van der Waals surface area contributed by atoms with E-state index in [1.807, 2.05) is 25.2 Å². The zero-order valence-corrected chi connectivity index (χ0v) is 14.7. The van der Waals surface area contributed by atoms with E-state index in [9.17, 15) is 0 Å². The summed E-state index contributed by atoms with van der Waals surface area (Å²) in [4.78, 5) is 12.1. The Hall–Kier alpha value is -2.11. The molecule has 3 aromatic heterocycles. The number of nitriles is 1. The maximum atomic E-state index is 8.30. The van der Waals surface area contributed by atoms with Gasteiger partial charge in [0.15, 0.2) is 5.82 Å². The Morgan fingerprint density at radius 2 is 1.68 bits per heavy atom. The van der Waals surface area contributed by atoms with E-state index in [2.05, 4.69) is 51.9 Å². The van der Waals surface area contributed by atoms with Crippen LogP contribution in [0.4, 0.5) is 0 Å². The number of pyridine rings is 2. The molecule has 0 N–H and O–H groups in total. The molecular formula is C14H10Br2N6. The number of nitrogens with zero attached hydrogens (tertiary/aromatic N) is 6. The van der Waals surface area contributed by atoms with E-state index in [4.69, 9.17) is 5.26 Å². The zero-order chi connectivity index (χ0) is 15.9. The summed E-state index contributed by atoms with van der Waals surface area (Å²) in [5.74, 6) is 0.648. The predicted molar refractivity (Wildman–Crippen MR) is 88.6 cm³/mol. The lowest BCUT2D eigenvalue weighted by Crippen LogP contribution is -1.89. The average Bonchev–Trinajstić information content (AvgIpc) is 2.96. The molecule has 0 saturated heterocycles. The maximum Gasteiger partial charge on any atom is 0.199 e. The second kappa shape index (κ2) is 7.77. The molecule has 0 aliphatic rings. The second-order valence-electron chi connectivity index (χ2n) is 4.08. The lowest BCUT2D eigenvalue weighted by molar-refractivity contribution is 0.767. The van der Waals surface area contributed by atoms with Gasteiger partial charge in [0.05, 0.1) is 0 Å². The van der Waals surface area contributed by atoms with Gasteiger partial charge in [-0.3, -0.25) is 9.67 Å². The van der Waals surface area contributed by atoms with Crippen LogP contribution >= 0.6 is 31.9 Å². The van der Waals surface area contributed by atoms with Gasteiger partial charge in [0.2, 0.25) is 0 Å². The van der Waals surface area contributed by atoms with Crippen molar-refractivity contribution in [3.63, 3.8) is 0 Å². The summed E-state index contributed by atoms with van der Waals surface area (Å²) in [5, 5.41) is 12.4. The van der Waals surface area contributed by atoms with Crippen LogP contribution in [0, 0.1) is 11.3 Å². The van der Waals surface area contributed by atoms with Gasteiger partial charge in [0, 0.05) is 28.4 Å². The molecule has 3 aromatic rings. The van der Waals surface area contributed by atoms with Crippen molar-refractivity contribution in [2.45, 2.75) is 0 Å². The van der Waals surface area contributed by atoms with Crippen LogP contribution in [0.25, 0.3) is 11.5 Å². The lowest BCUT2D eigenvalue weighted by Gasteiger charge is -1.93. The van der Waals surface area contributed by atoms with Gasteiger partial charge in [0.25, 0.3) is 0 Å². The van der Waals surface area contributed by atoms with Crippen LogP contribution in [-0.4, -0.2) is 24.7 Å². The molecule has 3 rings (SSSR count). The fourth-order valence-corrected chi connectivity index (χ4v) is 1.88. The van der Waals surface area contributed by atoms with Crippen LogP contribution < -0.4 is 0 Å². The summed E-state index contributed by atoms with van der Waals surface area (Å²) in [5.41, 5.74) is 1.22. The van der Waals surface area contributed by atoms with E-state index < -0.39 is 0 Å². The van der Waals surface area contributed by atoms with Gasteiger partial charge in [-0.2, -0.15) is 5.26 Å². The first-order valence-corrected chi connectivity index (χ1v) is 7.66. The highest BCUT2D eigenvalue weighted by atomic mass is 79.9. The summed E-state index contributed by atoms with van der Waals surface area (Å²) in [7, 11) is 1.83. The molecule has 110 valence electrons.